The molecule has 0 heterocycles. The largest absolute Gasteiger partial charge is 0.480 e. The second-order valence-corrected chi connectivity index (χ2v) is 4.70. The molecule has 1 rings (SSSR count). The zero-order valence-electron chi connectivity index (χ0n) is 10.0. The lowest BCUT2D eigenvalue weighted by atomic mass is 9.86. The van der Waals surface area contributed by atoms with Crippen LogP contribution < -0.4 is 5.73 Å². The fraction of sp³-hybridized carbons (Fsp3) is 0.909. The average Bonchev–Trinajstić information content (AvgIpc) is 2.59. The molecule has 0 aromatic heterocycles. The van der Waals surface area contributed by atoms with Crippen LogP contribution in [0.5, 0.6) is 0 Å². The van der Waals surface area contributed by atoms with Crippen molar-refractivity contribution in [3.8, 4) is 0 Å². The summed E-state index contributed by atoms with van der Waals surface area (Å²) in [5, 5.41) is 9.04. The Balaban J connectivity index is 2.25. The number of hydrogen-bond acceptors (Lipinski definition) is 3. The summed E-state index contributed by atoms with van der Waals surface area (Å²) in [4.78, 5) is 11.0. The monoisotopic (exact) mass is 269 g/mol. The average molecular weight is 269 g/mol. The Kier molecular flexibility index (Phi) is 4.98. The number of carbonyl (C=O) groups is 1. The molecule has 1 aliphatic carbocycles. The van der Waals surface area contributed by atoms with Gasteiger partial charge in [0.1, 0.15) is 5.54 Å². The van der Waals surface area contributed by atoms with Gasteiger partial charge in [-0.15, -0.1) is 0 Å². The minimum Gasteiger partial charge on any atom is -0.480 e. The molecule has 1 aliphatic rings. The molecule has 0 amide bonds. The van der Waals surface area contributed by atoms with Crippen LogP contribution in [-0.4, -0.2) is 36.0 Å². The van der Waals surface area contributed by atoms with E-state index in [9.17, 15) is 18.0 Å². The normalized spacial score (nSPS) is 28.6. The first kappa shape index (κ1) is 15.2. The van der Waals surface area contributed by atoms with E-state index in [1.54, 1.807) is 0 Å². The highest BCUT2D eigenvalue weighted by atomic mass is 19.4. The van der Waals surface area contributed by atoms with E-state index in [4.69, 9.17) is 15.6 Å². The van der Waals surface area contributed by atoms with Crippen LogP contribution in [0.4, 0.5) is 13.2 Å². The first-order valence-electron chi connectivity index (χ1n) is 5.92. The molecule has 1 fully saturated rings. The van der Waals surface area contributed by atoms with Gasteiger partial charge in [-0.1, -0.05) is 6.42 Å². The van der Waals surface area contributed by atoms with Gasteiger partial charge in [-0.2, -0.15) is 13.2 Å². The number of rotatable bonds is 6. The molecule has 0 spiro atoms. The second-order valence-electron chi connectivity index (χ2n) is 4.70. The zero-order valence-corrected chi connectivity index (χ0v) is 10.0. The van der Waals surface area contributed by atoms with E-state index in [0.717, 1.165) is 6.42 Å². The lowest BCUT2D eigenvalue weighted by Crippen LogP contribution is -2.51. The van der Waals surface area contributed by atoms with Crippen molar-refractivity contribution in [2.75, 3.05) is 13.2 Å². The van der Waals surface area contributed by atoms with E-state index in [2.05, 4.69) is 0 Å². The molecule has 2 unspecified atom stereocenters. The summed E-state index contributed by atoms with van der Waals surface area (Å²) >= 11 is 0. The summed E-state index contributed by atoms with van der Waals surface area (Å²) in [6.45, 7) is -0.270. The molecule has 0 saturated heterocycles. The number of nitrogens with two attached hydrogens (primary N) is 1. The Labute approximate surface area is 103 Å². The summed E-state index contributed by atoms with van der Waals surface area (Å²) in [6, 6.07) is 0. The number of alkyl halides is 3. The smallest absolute Gasteiger partial charge is 0.391 e. The predicted molar refractivity (Wildman–Crippen MR) is 58.0 cm³/mol. The van der Waals surface area contributed by atoms with Crippen molar-refractivity contribution in [2.45, 2.75) is 43.8 Å². The maximum absolute atomic E-state index is 11.8. The van der Waals surface area contributed by atoms with Crippen molar-refractivity contribution < 1.29 is 27.8 Å². The number of aliphatic carboxylic acids is 1. The first-order chi connectivity index (χ1) is 8.26. The maximum Gasteiger partial charge on any atom is 0.391 e. The Hall–Kier alpha value is -0.820. The molecule has 0 aliphatic heterocycles. The number of ether oxygens (including phenoxy) is 1. The van der Waals surface area contributed by atoms with E-state index in [0.29, 0.717) is 19.3 Å². The van der Waals surface area contributed by atoms with Crippen molar-refractivity contribution in [1.82, 2.24) is 0 Å². The van der Waals surface area contributed by atoms with Crippen LogP contribution >= 0.6 is 0 Å². The Morgan fingerprint density at radius 1 is 1.44 bits per heavy atom. The number of halogens is 3. The van der Waals surface area contributed by atoms with E-state index < -0.39 is 24.1 Å². The van der Waals surface area contributed by atoms with E-state index in [1.807, 2.05) is 0 Å². The molecular formula is C11H18F3NO3. The van der Waals surface area contributed by atoms with Crippen LogP contribution in [0.25, 0.3) is 0 Å². The molecule has 1 saturated carbocycles. The SMILES string of the molecule is NC1(C(=O)O)CCCC1CCOCCC(F)(F)F. The highest BCUT2D eigenvalue weighted by Crippen LogP contribution is 2.36. The van der Waals surface area contributed by atoms with Crippen LogP contribution in [0, 0.1) is 5.92 Å². The molecule has 0 aromatic rings. The third-order valence-corrected chi connectivity index (χ3v) is 3.41. The molecule has 0 radical (unpaired) electrons. The van der Waals surface area contributed by atoms with Crippen LogP contribution in [0.2, 0.25) is 0 Å². The topological polar surface area (TPSA) is 72.6 Å². The van der Waals surface area contributed by atoms with Crippen molar-refractivity contribution >= 4 is 5.97 Å². The van der Waals surface area contributed by atoms with Gasteiger partial charge in [-0.05, 0) is 25.2 Å². The van der Waals surface area contributed by atoms with Crippen LogP contribution in [-0.2, 0) is 9.53 Å². The summed E-state index contributed by atoms with van der Waals surface area (Å²) in [6.07, 6.45) is -2.98. The van der Waals surface area contributed by atoms with E-state index >= 15 is 0 Å². The second kappa shape index (κ2) is 5.88. The van der Waals surface area contributed by atoms with Gasteiger partial charge in [0.05, 0.1) is 13.0 Å². The number of carboxylic acid groups (broad SMARTS) is 1. The van der Waals surface area contributed by atoms with Crippen molar-refractivity contribution in [2.24, 2.45) is 11.7 Å². The molecule has 0 bridgehead atoms. The molecule has 0 aromatic carbocycles. The molecule has 2 atom stereocenters. The summed E-state index contributed by atoms with van der Waals surface area (Å²) in [5.74, 6) is -1.26. The van der Waals surface area contributed by atoms with Gasteiger partial charge in [0.2, 0.25) is 0 Å². The summed E-state index contributed by atoms with van der Waals surface area (Å²) in [5.41, 5.74) is 4.55. The van der Waals surface area contributed by atoms with Crippen LogP contribution in [0.15, 0.2) is 0 Å². The van der Waals surface area contributed by atoms with Gasteiger partial charge in [0.25, 0.3) is 0 Å². The third-order valence-electron chi connectivity index (χ3n) is 3.41. The van der Waals surface area contributed by atoms with Gasteiger partial charge in [-0.3, -0.25) is 4.79 Å². The molecule has 106 valence electrons. The molecule has 4 nitrogen and oxygen atoms in total. The van der Waals surface area contributed by atoms with Gasteiger partial charge in [0, 0.05) is 6.61 Å². The lowest BCUT2D eigenvalue weighted by Gasteiger charge is -2.26. The number of carboxylic acids is 1. The van der Waals surface area contributed by atoms with Crippen LogP contribution in [0.1, 0.15) is 32.1 Å². The van der Waals surface area contributed by atoms with Gasteiger partial charge >= 0.3 is 12.1 Å². The standard InChI is InChI=1S/C11H18F3NO3/c12-11(13,14)5-7-18-6-3-8-2-1-4-10(8,15)9(16)17/h8H,1-7,15H2,(H,16,17). The fourth-order valence-corrected chi connectivity index (χ4v) is 2.30. The Morgan fingerprint density at radius 3 is 2.67 bits per heavy atom. The van der Waals surface area contributed by atoms with Crippen LogP contribution in [0.3, 0.4) is 0 Å². The zero-order chi connectivity index (χ0) is 13.8. The molecule has 18 heavy (non-hydrogen) atoms. The highest BCUT2D eigenvalue weighted by Gasteiger charge is 2.45. The Bertz CT molecular complexity index is 296. The highest BCUT2D eigenvalue weighted by molar-refractivity contribution is 5.79. The molecule has 3 N–H and O–H groups in total. The van der Waals surface area contributed by atoms with Crippen molar-refractivity contribution in [1.29, 1.82) is 0 Å². The predicted octanol–water partition coefficient (Wildman–Crippen LogP) is 1.93. The minimum atomic E-state index is -4.22. The van der Waals surface area contributed by atoms with E-state index in [-0.39, 0.29) is 19.1 Å². The summed E-state index contributed by atoms with van der Waals surface area (Å²) < 4.78 is 40.4. The number of hydrogen-bond donors (Lipinski definition) is 2. The quantitative estimate of drug-likeness (QED) is 0.723. The van der Waals surface area contributed by atoms with Gasteiger partial charge in [0.15, 0.2) is 0 Å². The Morgan fingerprint density at radius 2 is 2.11 bits per heavy atom. The third kappa shape index (κ3) is 4.13. The molecular weight excluding hydrogens is 251 g/mol. The molecule has 7 heteroatoms. The van der Waals surface area contributed by atoms with Crippen molar-refractivity contribution in [3.05, 3.63) is 0 Å². The van der Waals surface area contributed by atoms with E-state index in [1.165, 1.54) is 0 Å². The fourth-order valence-electron chi connectivity index (χ4n) is 2.30. The van der Waals surface area contributed by atoms with Gasteiger partial charge in [-0.25, -0.2) is 0 Å². The summed E-state index contributed by atoms with van der Waals surface area (Å²) in [7, 11) is 0. The maximum atomic E-state index is 11.8. The van der Waals surface area contributed by atoms with Gasteiger partial charge < -0.3 is 15.6 Å². The first-order valence-corrected chi connectivity index (χ1v) is 5.92. The minimum absolute atomic E-state index is 0.118. The lowest BCUT2D eigenvalue weighted by molar-refractivity contribution is -0.146. The van der Waals surface area contributed by atoms with Crippen molar-refractivity contribution in [3.63, 3.8) is 0 Å².